The SMILES string of the molecule is C[C@@H](NC(=O)c1ccc(Br)cc1)c1cccc(Cl)c1. The van der Waals surface area contributed by atoms with Gasteiger partial charge in [0.2, 0.25) is 0 Å². The lowest BCUT2D eigenvalue weighted by atomic mass is 10.1. The highest BCUT2D eigenvalue weighted by Gasteiger charge is 2.11. The van der Waals surface area contributed by atoms with E-state index in [0.717, 1.165) is 10.0 Å². The van der Waals surface area contributed by atoms with Crippen LogP contribution < -0.4 is 5.32 Å². The molecule has 0 aliphatic rings. The largest absolute Gasteiger partial charge is 0.346 e. The lowest BCUT2D eigenvalue weighted by Gasteiger charge is -2.14. The van der Waals surface area contributed by atoms with E-state index in [1.54, 1.807) is 12.1 Å². The second-order valence-electron chi connectivity index (χ2n) is 4.26. The molecule has 2 aromatic rings. The van der Waals surface area contributed by atoms with Gasteiger partial charge in [0, 0.05) is 15.1 Å². The molecule has 0 radical (unpaired) electrons. The summed E-state index contributed by atoms with van der Waals surface area (Å²) in [4.78, 5) is 12.1. The van der Waals surface area contributed by atoms with E-state index in [2.05, 4.69) is 21.2 Å². The van der Waals surface area contributed by atoms with Crippen LogP contribution in [0.15, 0.2) is 53.0 Å². The Labute approximate surface area is 125 Å². The lowest BCUT2D eigenvalue weighted by Crippen LogP contribution is -2.26. The number of carbonyl (C=O) groups is 1. The van der Waals surface area contributed by atoms with Crippen LogP contribution in [0, 0.1) is 0 Å². The first-order valence-corrected chi connectivity index (χ1v) is 7.05. The Bertz CT molecular complexity index is 583. The molecule has 0 unspecified atom stereocenters. The molecule has 0 saturated carbocycles. The lowest BCUT2D eigenvalue weighted by molar-refractivity contribution is 0.0940. The van der Waals surface area contributed by atoms with Gasteiger partial charge in [-0.15, -0.1) is 0 Å². The van der Waals surface area contributed by atoms with Crippen molar-refractivity contribution in [2.45, 2.75) is 13.0 Å². The fourth-order valence-electron chi connectivity index (χ4n) is 1.74. The van der Waals surface area contributed by atoms with Gasteiger partial charge in [-0.1, -0.05) is 39.7 Å². The summed E-state index contributed by atoms with van der Waals surface area (Å²) >= 11 is 9.29. The van der Waals surface area contributed by atoms with E-state index in [1.807, 2.05) is 43.3 Å². The minimum absolute atomic E-state index is 0.0881. The number of rotatable bonds is 3. The summed E-state index contributed by atoms with van der Waals surface area (Å²) in [5, 5.41) is 3.61. The summed E-state index contributed by atoms with van der Waals surface area (Å²) in [5.41, 5.74) is 1.62. The van der Waals surface area contributed by atoms with Gasteiger partial charge in [0.15, 0.2) is 0 Å². The van der Waals surface area contributed by atoms with Crippen molar-refractivity contribution in [1.29, 1.82) is 0 Å². The van der Waals surface area contributed by atoms with Crippen LogP contribution in [0.3, 0.4) is 0 Å². The van der Waals surface area contributed by atoms with Crippen LogP contribution >= 0.6 is 27.5 Å². The predicted molar refractivity (Wildman–Crippen MR) is 81.5 cm³/mol. The molecule has 0 aromatic heterocycles. The molecule has 2 nitrogen and oxygen atoms in total. The van der Waals surface area contributed by atoms with Gasteiger partial charge >= 0.3 is 0 Å². The van der Waals surface area contributed by atoms with Gasteiger partial charge in [-0.25, -0.2) is 0 Å². The third-order valence-corrected chi connectivity index (χ3v) is 3.57. The highest BCUT2D eigenvalue weighted by molar-refractivity contribution is 9.10. The molecule has 0 spiro atoms. The van der Waals surface area contributed by atoms with Gasteiger partial charge in [-0.3, -0.25) is 4.79 Å². The van der Waals surface area contributed by atoms with Crippen molar-refractivity contribution < 1.29 is 4.79 Å². The molecule has 0 saturated heterocycles. The van der Waals surface area contributed by atoms with E-state index < -0.39 is 0 Å². The molecule has 2 aromatic carbocycles. The summed E-state index contributed by atoms with van der Waals surface area (Å²) in [5.74, 6) is -0.0972. The second kappa shape index (κ2) is 6.22. The summed E-state index contributed by atoms with van der Waals surface area (Å²) in [7, 11) is 0. The standard InChI is InChI=1S/C15H13BrClNO/c1-10(12-3-2-4-14(17)9-12)18-15(19)11-5-7-13(16)8-6-11/h2-10H,1H3,(H,18,19)/t10-/m1/s1. The maximum absolute atomic E-state index is 12.1. The summed E-state index contributed by atoms with van der Waals surface area (Å²) in [6.07, 6.45) is 0. The molecule has 98 valence electrons. The molecule has 0 aliphatic carbocycles. The zero-order valence-corrected chi connectivity index (χ0v) is 12.7. The van der Waals surface area contributed by atoms with Crippen LogP contribution in [0.2, 0.25) is 5.02 Å². The number of benzene rings is 2. The molecular weight excluding hydrogens is 326 g/mol. The first kappa shape index (κ1) is 14.1. The van der Waals surface area contributed by atoms with Gasteiger partial charge in [0.1, 0.15) is 0 Å². The predicted octanol–water partition coefficient (Wildman–Crippen LogP) is 4.59. The van der Waals surface area contributed by atoms with Crippen LogP contribution in [-0.2, 0) is 0 Å². The number of carbonyl (C=O) groups excluding carboxylic acids is 1. The summed E-state index contributed by atoms with van der Waals surface area (Å²) in [6, 6.07) is 14.7. The zero-order chi connectivity index (χ0) is 13.8. The molecule has 19 heavy (non-hydrogen) atoms. The summed E-state index contributed by atoms with van der Waals surface area (Å²) in [6.45, 7) is 1.93. The highest BCUT2D eigenvalue weighted by Crippen LogP contribution is 2.18. The highest BCUT2D eigenvalue weighted by atomic mass is 79.9. The molecule has 2 rings (SSSR count). The van der Waals surface area contributed by atoms with Gasteiger partial charge in [0.05, 0.1) is 6.04 Å². The van der Waals surface area contributed by atoms with E-state index >= 15 is 0 Å². The van der Waals surface area contributed by atoms with Crippen LogP contribution in [0.25, 0.3) is 0 Å². The Morgan fingerprint density at radius 3 is 2.53 bits per heavy atom. The van der Waals surface area contributed by atoms with Crippen LogP contribution in [-0.4, -0.2) is 5.91 Å². The Hall–Kier alpha value is -1.32. The number of amides is 1. The first-order valence-electron chi connectivity index (χ1n) is 5.88. The Morgan fingerprint density at radius 2 is 1.89 bits per heavy atom. The molecule has 0 fully saturated rings. The van der Waals surface area contributed by atoms with Crippen LogP contribution in [0.5, 0.6) is 0 Å². The maximum atomic E-state index is 12.1. The minimum Gasteiger partial charge on any atom is -0.346 e. The molecule has 1 N–H and O–H groups in total. The van der Waals surface area contributed by atoms with Gasteiger partial charge in [0.25, 0.3) is 5.91 Å². The van der Waals surface area contributed by atoms with Crippen molar-refractivity contribution in [2.75, 3.05) is 0 Å². The summed E-state index contributed by atoms with van der Waals surface area (Å²) < 4.78 is 0.951. The van der Waals surface area contributed by atoms with Crippen molar-refractivity contribution in [3.63, 3.8) is 0 Å². The second-order valence-corrected chi connectivity index (χ2v) is 5.61. The molecule has 1 atom stereocenters. The quantitative estimate of drug-likeness (QED) is 0.871. The molecule has 0 aliphatic heterocycles. The van der Waals surface area contributed by atoms with Crippen LogP contribution in [0.1, 0.15) is 28.9 Å². The number of halogens is 2. The monoisotopic (exact) mass is 337 g/mol. The molecular formula is C15H13BrClNO. The Morgan fingerprint density at radius 1 is 1.21 bits per heavy atom. The van der Waals surface area contributed by atoms with Crippen molar-refractivity contribution in [3.05, 3.63) is 69.2 Å². The molecule has 0 heterocycles. The van der Waals surface area contributed by atoms with E-state index in [0.29, 0.717) is 10.6 Å². The third kappa shape index (κ3) is 3.82. The first-order chi connectivity index (χ1) is 9.06. The van der Waals surface area contributed by atoms with Gasteiger partial charge < -0.3 is 5.32 Å². The number of nitrogens with one attached hydrogen (secondary N) is 1. The van der Waals surface area contributed by atoms with Gasteiger partial charge in [-0.2, -0.15) is 0 Å². The van der Waals surface area contributed by atoms with Gasteiger partial charge in [-0.05, 0) is 48.9 Å². The van der Waals surface area contributed by atoms with Crippen molar-refractivity contribution in [3.8, 4) is 0 Å². The fourth-order valence-corrected chi connectivity index (χ4v) is 2.20. The molecule has 0 bridgehead atoms. The average Bonchev–Trinajstić information content (AvgIpc) is 2.39. The molecule has 4 heteroatoms. The molecule has 1 amide bonds. The van der Waals surface area contributed by atoms with Crippen molar-refractivity contribution in [1.82, 2.24) is 5.32 Å². The van der Waals surface area contributed by atoms with Crippen molar-refractivity contribution in [2.24, 2.45) is 0 Å². The normalized spacial score (nSPS) is 11.9. The Balaban J connectivity index is 2.08. The van der Waals surface area contributed by atoms with E-state index in [-0.39, 0.29) is 11.9 Å². The smallest absolute Gasteiger partial charge is 0.251 e. The Kier molecular flexibility index (Phi) is 4.61. The average molecular weight is 339 g/mol. The van der Waals surface area contributed by atoms with Crippen LogP contribution in [0.4, 0.5) is 0 Å². The van der Waals surface area contributed by atoms with E-state index in [1.165, 1.54) is 0 Å². The number of hydrogen-bond acceptors (Lipinski definition) is 1. The zero-order valence-electron chi connectivity index (χ0n) is 10.4. The minimum atomic E-state index is -0.0972. The third-order valence-electron chi connectivity index (χ3n) is 2.80. The number of hydrogen-bond donors (Lipinski definition) is 1. The van der Waals surface area contributed by atoms with E-state index in [4.69, 9.17) is 11.6 Å². The van der Waals surface area contributed by atoms with Crippen molar-refractivity contribution >= 4 is 33.4 Å². The maximum Gasteiger partial charge on any atom is 0.251 e. The fraction of sp³-hybridized carbons (Fsp3) is 0.133. The topological polar surface area (TPSA) is 29.1 Å². The van der Waals surface area contributed by atoms with E-state index in [9.17, 15) is 4.79 Å².